The molecule has 0 bridgehead atoms. The molecule has 1 aromatic carbocycles. The van der Waals surface area contributed by atoms with Gasteiger partial charge in [0, 0.05) is 19.1 Å². The first kappa shape index (κ1) is 12.2. The molecule has 1 N–H and O–H groups in total. The molecule has 16 heavy (non-hydrogen) atoms. The molecule has 4 heteroatoms. The smallest absolute Gasteiger partial charge is 0.302 e. The lowest BCUT2D eigenvalue weighted by Gasteiger charge is -2.05. The third-order valence-corrected chi connectivity index (χ3v) is 2.10. The summed E-state index contributed by atoms with van der Waals surface area (Å²) in [4.78, 5) is 10.5. The zero-order valence-electron chi connectivity index (χ0n) is 9.45. The third kappa shape index (κ3) is 3.73. The Kier molecular flexibility index (Phi) is 4.51. The normalized spacial score (nSPS) is 9.62. The van der Waals surface area contributed by atoms with Gasteiger partial charge in [0.2, 0.25) is 0 Å². The summed E-state index contributed by atoms with van der Waals surface area (Å²) >= 11 is 0. The van der Waals surface area contributed by atoms with Gasteiger partial charge < -0.3 is 14.9 Å². The van der Waals surface area contributed by atoms with Gasteiger partial charge in [-0.05, 0) is 29.8 Å². The predicted molar refractivity (Wildman–Crippen MR) is 61.1 cm³/mol. The quantitative estimate of drug-likeness (QED) is 0.611. The number of carbonyl (C=O) groups excluding carboxylic acids is 1. The van der Waals surface area contributed by atoms with Crippen LogP contribution < -0.4 is 4.74 Å². The molecule has 86 valence electrons. The summed E-state index contributed by atoms with van der Waals surface area (Å²) < 4.78 is 9.80. The van der Waals surface area contributed by atoms with Crippen molar-refractivity contribution in [3.63, 3.8) is 0 Å². The highest BCUT2D eigenvalue weighted by atomic mass is 16.5. The molecule has 0 radical (unpaired) electrons. The molecule has 0 aliphatic carbocycles. The van der Waals surface area contributed by atoms with E-state index in [4.69, 9.17) is 14.9 Å². The van der Waals surface area contributed by atoms with Crippen LogP contribution in [0, 0.1) is 5.41 Å². The number of hydrogen-bond donors (Lipinski definition) is 1. The van der Waals surface area contributed by atoms with Crippen LogP contribution in [0.4, 0.5) is 0 Å². The van der Waals surface area contributed by atoms with E-state index in [-0.39, 0.29) is 12.6 Å². The maximum atomic E-state index is 10.5. The molecular weight excluding hydrogens is 206 g/mol. The van der Waals surface area contributed by atoms with Crippen molar-refractivity contribution >= 4 is 11.7 Å². The number of rotatable bonds is 5. The molecule has 0 aliphatic rings. The topological polar surface area (TPSA) is 59.4 Å². The SMILES string of the molecule is COc1ccc(C(=N)CCOC(C)=O)cc1. The number of benzene rings is 1. The van der Waals surface area contributed by atoms with E-state index in [9.17, 15) is 4.79 Å². The van der Waals surface area contributed by atoms with Crippen LogP contribution in [-0.2, 0) is 9.53 Å². The summed E-state index contributed by atoms with van der Waals surface area (Å²) in [6, 6.07) is 7.23. The summed E-state index contributed by atoms with van der Waals surface area (Å²) in [6.45, 7) is 1.61. The van der Waals surface area contributed by atoms with Gasteiger partial charge in [0.15, 0.2) is 0 Å². The fraction of sp³-hybridized carbons (Fsp3) is 0.333. The lowest BCUT2D eigenvalue weighted by Crippen LogP contribution is -2.07. The number of ether oxygens (including phenoxy) is 2. The van der Waals surface area contributed by atoms with Crippen molar-refractivity contribution in [1.82, 2.24) is 0 Å². The first-order valence-electron chi connectivity index (χ1n) is 4.98. The van der Waals surface area contributed by atoms with E-state index in [1.165, 1.54) is 6.92 Å². The molecule has 0 aliphatic heterocycles. The molecule has 1 aromatic rings. The standard InChI is InChI=1S/C12H15NO3/c1-9(14)16-8-7-12(13)10-3-5-11(15-2)6-4-10/h3-6,13H,7-8H2,1-2H3. The molecular formula is C12H15NO3. The zero-order chi connectivity index (χ0) is 12.0. The molecule has 0 spiro atoms. The fourth-order valence-electron chi connectivity index (χ4n) is 1.23. The van der Waals surface area contributed by atoms with Crippen LogP contribution in [0.1, 0.15) is 18.9 Å². The fourth-order valence-corrected chi connectivity index (χ4v) is 1.23. The van der Waals surface area contributed by atoms with Crippen LogP contribution in [-0.4, -0.2) is 25.4 Å². The van der Waals surface area contributed by atoms with Crippen LogP contribution in [0.25, 0.3) is 0 Å². The number of nitrogens with one attached hydrogen (secondary N) is 1. The minimum absolute atomic E-state index is 0.250. The number of carbonyl (C=O) groups is 1. The van der Waals surface area contributed by atoms with E-state index in [0.717, 1.165) is 11.3 Å². The second-order valence-corrected chi connectivity index (χ2v) is 3.30. The van der Waals surface area contributed by atoms with Crippen molar-refractivity contribution in [2.24, 2.45) is 0 Å². The maximum Gasteiger partial charge on any atom is 0.302 e. The molecule has 4 nitrogen and oxygen atoms in total. The average molecular weight is 221 g/mol. The Bertz CT molecular complexity index is 370. The zero-order valence-corrected chi connectivity index (χ0v) is 9.45. The van der Waals surface area contributed by atoms with E-state index in [1.54, 1.807) is 19.2 Å². The Morgan fingerprint density at radius 3 is 2.44 bits per heavy atom. The van der Waals surface area contributed by atoms with Crippen LogP contribution in [0.2, 0.25) is 0 Å². The third-order valence-electron chi connectivity index (χ3n) is 2.10. The Hall–Kier alpha value is -1.84. The lowest BCUT2D eigenvalue weighted by molar-refractivity contribution is -0.140. The first-order chi connectivity index (χ1) is 7.63. The number of methoxy groups -OCH3 is 1. The number of hydrogen-bond acceptors (Lipinski definition) is 4. The summed E-state index contributed by atoms with van der Waals surface area (Å²) in [5.41, 5.74) is 1.26. The highest BCUT2D eigenvalue weighted by Gasteiger charge is 2.02. The van der Waals surface area contributed by atoms with Gasteiger partial charge in [-0.15, -0.1) is 0 Å². The van der Waals surface area contributed by atoms with Crippen LogP contribution >= 0.6 is 0 Å². The van der Waals surface area contributed by atoms with Crippen LogP contribution in [0.15, 0.2) is 24.3 Å². The van der Waals surface area contributed by atoms with E-state index in [0.29, 0.717) is 12.1 Å². The summed E-state index contributed by atoms with van der Waals surface area (Å²) in [5, 5.41) is 7.77. The minimum Gasteiger partial charge on any atom is -0.497 e. The van der Waals surface area contributed by atoms with E-state index < -0.39 is 0 Å². The second-order valence-electron chi connectivity index (χ2n) is 3.30. The molecule has 0 fully saturated rings. The molecule has 0 unspecified atom stereocenters. The minimum atomic E-state index is -0.317. The summed E-state index contributed by atoms with van der Waals surface area (Å²) in [7, 11) is 1.60. The Morgan fingerprint density at radius 1 is 1.31 bits per heavy atom. The van der Waals surface area contributed by atoms with Gasteiger partial charge >= 0.3 is 5.97 Å². The molecule has 0 heterocycles. The molecule has 0 atom stereocenters. The lowest BCUT2D eigenvalue weighted by atomic mass is 10.1. The molecule has 0 aromatic heterocycles. The van der Waals surface area contributed by atoms with E-state index in [1.807, 2.05) is 12.1 Å². The highest BCUT2D eigenvalue weighted by molar-refractivity contribution is 5.98. The Balaban J connectivity index is 2.49. The van der Waals surface area contributed by atoms with Gasteiger partial charge in [0.1, 0.15) is 5.75 Å². The van der Waals surface area contributed by atoms with E-state index in [2.05, 4.69) is 0 Å². The second kappa shape index (κ2) is 5.90. The monoisotopic (exact) mass is 221 g/mol. The van der Waals surface area contributed by atoms with Crippen LogP contribution in [0.5, 0.6) is 5.75 Å². The van der Waals surface area contributed by atoms with Gasteiger partial charge in [-0.25, -0.2) is 0 Å². The maximum absolute atomic E-state index is 10.5. The van der Waals surface area contributed by atoms with Crippen molar-refractivity contribution in [2.75, 3.05) is 13.7 Å². The van der Waals surface area contributed by atoms with Crippen LogP contribution in [0.3, 0.4) is 0 Å². The summed E-state index contributed by atoms with van der Waals surface area (Å²) in [5.74, 6) is 0.444. The molecule has 0 amide bonds. The number of esters is 1. The first-order valence-corrected chi connectivity index (χ1v) is 4.98. The van der Waals surface area contributed by atoms with Crippen molar-refractivity contribution in [1.29, 1.82) is 5.41 Å². The van der Waals surface area contributed by atoms with Crippen molar-refractivity contribution < 1.29 is 14.3 Å². The van der Waals surface area contributed by atoms with Crippen molar-refractivity contribution in [2.45, 2.75) is 13.3 Å². The largest absolute Gasteiger partial charge is 0.497 e. The highest BCUT2D eigenvalue weighted by Crippen LogP contribution is 2.12. The summed E-state index contributed by atoms with van der Waals surface area (Å²) in [6.07, 6.45) is 0.423. The van der Waals surface area contributed by atoms with Crippen molar-refractivity contribution in [3.8, 4) is 5.75 Å². The average Bonchev–Trinajstić information content (AvgIpc) is 2.28. The van der Waals surface area contributed by atoms with Gasteiger partial charge in [0.25, 0.3) is 0 Å². The van der Waals surface area contributed by atoms with Gasteiger partial charge in [-0.1, -0.05) is 0 Å². The Labute approximate surface area is 94.7 Å². The van der Waals surface area contributed by atoms with Crippen molar-refractivity contribution in [3.05, 3.63) is 29.8 Å². The molecule has 1 rings (SSSR count). The Morgan fingerprint density at radius 2 is 1.94 bits per heavy atom. The van der Waals surface area contributed by atoms with Gasteiger partial charge in [-0.2, -0.15) is 0 Å². The van der Waals surface area contributed by atoms with Gasteiger partial charge in [-0.3, -0.25) is 4.79 Å². The van der Waals surface area contributed by atoms with Gasteiger partial charge in [0.05, 0.1) is 13.7 Å². The molecule has 0 saturated carbocycles. The molecule has 0 saturated heterocycles. The predicted octanol–water partition coefficient (Wildman–Crippen LogP) is 2.02. The van der Waals surface area contributed by atoms with E-state index >= 15 is 0 Å².